The van der Waals surface area contributed by atoms with E-state index in [9.17, 15) is 0 Å². The molecule has 0 bridgehead atoms. The second-order valence-electron chi connectivity index (χ2n) is 2.06. The van der Waals surface area contributed by atoms with E-state index in [0.717, 1.165) is 12.8 Å². The van der Waals surface area contributed by atoms with Gasteiger partial charge in [-0.15, -0.1) is 0 Å². The molecule has 0 unspecified atom stereocenters. The molecule has 0 aliphatic heterocycles. The minimum absolute atomic E-state index is 0.174. The Labute approximate surface area is 62.8 Å². The summed E-state index contributed by atoms with van der Waals surface area (Å²) in [6.45, 7) is 2.14. The summed E-state index contributed by atoms with van der Waals surface area (Å²) in [5.41, 5.74) is 0. The molecule has 0 amide bonds. The normalized spacial score (nSPS) is 11.6. The molecule has 0 rings (SSSR count). The van der Waals surface area contributed by atoms with Crippen molar-refractivity contribution in [1.29, 1.82) is 0 Å². The molecule has 60 valence electrons. The van der Waals surface area contributed by atoms with Crippen LogP contribution in [0.1, 0.15) is 19.8 Å². The third-order valence-electron chi connectivity index (χ3n) is 1.21. The van der Waals surface area contributed by atoms with Crippen molar-refractivity contribution in [1.82, 2.24) is 0 Å². The Morgan fingerprint density at radius 1 is 1.30 bits per heavy atom. The Hall–Kier alpha value is -0.340. The highest BCUT2D eigenvalue weighted by atomic mass is 16.7. The van der Waals surface area contributed by atoms with Crippen LogP contribution < -0.4 is 0 Å². The summed E-state index contributed by atoms with van der Waals surface area (Å²) < 4.78 is 9.87. The zero-order chi connectivity index (χ0) is 7.82. The maximum Gasteiger partial charge on any atom is 0.176 e. The molecule has 0 aliphatic rings. The lowest BCUT2D eigenvalue weighted by molar-refractivity contribution is -0.0667. The lowest BCUT2D eigenvalue weighted by Crippen LogP contribution is -2.08. The largest absolute Gasteiger partial charge is 0.352 e. The molecule has 0 aliphatic carbocycles. The molecule has 0 aromatic rings. The van der Waals surface area contributed by atoms with E-state index in [1.807, 2.05) is 6.08 Å². The summed E-state index contributed by atoms with van der Waals surface area (Å²) >= 11 is 0. The summed E-state index contributed by atoms with van der Waals surface area (Å²) in [7, 11) is 3.26. The maximum atomic E-state index is 4.94. The van der Waals surface area contributed by atoms with Crippen molar-refractivity contribution in [2.45, 2.75) is 26.1 Å². The van der Waals surface area contributed by atoms with Crippen LogP contribution >= 0.6 is 0 Å². The van der Waals surface area contributed by atoms with E-state index < -0.39 is 0 Å². The van der Waals surface area contributed by atoms with Crippen molar-refractivity contribution >= 4 is 0 Å². The summed E-state index contributed by atoms with van der Waals surface area (Å²) in [5.74, 6) is 0. The average molecular weight is 144 g/mol. The van der Waals surface area contributed by atoms with Crippen molar-refractivity contribution in [3.05, 3.63) is 12.2 Å². The third-order valence-corrected chi connectivity index (χ3v) is 1.21. The number of rotatable bonds is 5. The number of hydrogen-bond donors (Lipinski definition) is 0. The Kier molecular flexibility index (Phi) is 6.55. The predicted octanol–water partition coefficient (Wildman–Crippen LogP) is 1.96. The van der Waals surface area contributed by atoms with Gasteiger partial charge in [-0.3, -0.25) is 0 Å². The third kappa shape index (κ3) is 4.53. The van der Waals surface area contributed by atoms with Crippen LogP contribution in [0.3, 0.4) is 0 Å². The van der Waals surface area contributed by atoms with Crippen molar-refractivity contribution in [3.63, 3.8) is 0 Å². The molecular formula is C8H16O2. The van der Waals surface area contributed by atoms with Gasteiger partial charge in [-0.05, 0) is 12.5 Å². The lowest BCUT2D eigenvalue weighted by atomic mass is 10.3. The zero-order valence-electron chi connectivity index (χ0n) is 6.96. The van der Waals surface area contributed by atoms with Crippen molar-refractivity contribution in [2.24, 2.45) is 0 Å². The monoisotopic (exact) mass is 144 g/mol. The first-order chi connectivity index (χ1) is 4.85. The van der Waals surface area contributed by atoms with Crippen molar-refractivity contribution in [3.8, 4) is 0 Å². The van der Waals surface area contributed by atoms with Crippen LogP contribution in [-0.4, -0.2) is 20.5 Å². The SMILES string of the molecule is CCC/C=C\C(OC)OC. The second kappa shape index (κ2) is 6.78. The molecule has 0 radical (unpaired) electrons. The molecule has 0 fully saturated rings. The molecule has 0 aromatic carbocycles. The van der Waals surface area contributed by atoms with E-state index >= 15 is 0 Å². The van der Waals surface area contributed by atoms with Gasteiger partial charge in [-0.2, -0.15) is 0 Å². The van der Waals surface area contributed by atoms with Crippen LogP contribution in [0.25, 0.3) is 0 Å². The summed E-state index contributed by atoms with van der Waals surface area (Å²) in [6.07, 6.45) is 6.06. The lowest BCUT2D eigenvalue weighted by Gasteiger charge is -2.06. The Morgan fingerprint density at radius 2 is 1.90 bits per heavy atom. The van der Waals surface area contributed by atoms with Crippen LogP contribution in [0.4, 0.5) is 0 Å². The van der Waals surface area contributed by atoms with E-state index in [0.29, 0.717) is 0 Å². The standard InChI is InChI=1S/C8H16O2/c1-4-5-6-7-8(9-2)10-3/h6-8H,4-5H2,1-3H3/b7-6-. The molecule has 0 saturated heterocycles. The summed E-state index contributed by atoms with van der Waals surface area (Å²) in [5, 5.41) is 0. The van der Waals surface area contributed by atoms with Crippen molar-refractivity contribution < 1.29 is 9.47 Å². The molecule has 0 saturated carbocycles. The average Bonchev–Trinajstić information content (AvgIpc) is 1.99. The molecule has 0 aromatic heterocycles. The van der Waals surface area contributed by atoms with Crippen LogP contribution in [0.2, 0.25) is 0 Å². The number of methoxy groups -OCH3 is 2. The molecule has 2 heteroatoms. The van der Waals surface area contributed by atoms with Crippen molar-refractivity contribution in [2.75, 3.05) is 14.2 Å². The fraction of sp³-hybridized carbons (Fsp3) is 0.750. The maximum absolute atomic E-state index is 4.94. The number of ether oxygens (including phenoxy) is 2. The molecule has 0 heterocycles. The first-order valence-electron chi connectivity index (χ1n) is 3.57. The minimum atomic E-state index is -0.174. The molecular weight excluding hydrogens is 128 g/mol. The van der Waals surface area contributed by atoms with E-state index in [4.69, 9.17) is 9.47 Å². The number of hydrogen-bond acceptors (Lipinski definition) is 2. The van der Waals surface area contributed by atoms with E-state index in [2.05, 4.69) is 13.0 Å². The smallest absolute Gasteiger partial charge is 0.176 e. The van der Waals surface area contributed by atoms with Gasteiger partial charge in [0.1, 0.15) is 0 Å². The van der Waals surface area contributed by atoms with E-state index in [1.165, 1.54) is 0 Å². The highest BCUT2D eigenvalue weighted by molar-refractivity contribution is 4.84. The van der Waals surface area contributed by atoms with Gasteiger partial charge < -0.3 is 9.47 Å². The van der Waals surface area contributed by atoms with E-state index in [1.54, 1.807) is 14.2 Å². The number of allylic oxidation sites excluding steroid dienone is 1. The van der Waals surface area contributed by atoms with Crippen LogP contribution in [-0.2, 0) is 9.47 Å². The van der Waals surface area contributed by atoms with Crippen LogP contribution in [0.15, 0.2) is 12.2 Å². The molecule has 0 N–H and O–H groups in total. The van der Waals surface area contributed by atoms with Gasteiger partial charge in [-0.1, -0.05) is 19.4 Å². The van der Waals surface area contributed by atoms with Gasteiger partial charge >= 0.3 is 0 Å². The fourth-order valence-electron chi connectivity index (χ4n) is 0.627. The Morgan fingerprint density at radius 3 is 2.30 bits per heavy atom. The van der Waals surface area contributed by atoms with Gasteiger partial charge in [-0.25, -0.2) is 0 Å². The molecule has 10 heavy (non-hydrogen) atoms. The van der Waals surface area contributed by atoms with Gasteiger partial charge in [0, 0.05) is 14.2 Å². The zero-order valence-corrected chi connectivity index (χ0v) is 6.96. The second-order valence-corrected chi connectivity index (χ2v) is 2.06. The van der Waals surface area contributed by atoms with Gasteiger partial charge in [0.25, 0.3) is 0 Å². The van der Waals surface area contributed by atoms with Gasteiger partial charge in [0.2, 0.25) is 0 Å². The Bertz CT molecular complexity index is 85.3. The van der Waals surface area contributed by atoms with Crippen LogP contribution in [0, 0.1) is 0 Å². The van der Waals surface area contributed by atoms with Gasteiger partial charge in [0.15, 0.2) is 6.29 Å². The topological polar surface area (TPSA) is 18.5 Å². The minimum Gasteiger partial charge on any atom is -0.352 e. The summed E-state index contributed by atoms with van der Waals surface area (Å²) in [4.78, 5) is 0. The first kappa shape index (κ1) is 9.66. The fourth-order valence-corrected chi connectivity index (χ4v) is 0.627. The highest BCUT2D eigenvalue weighted by Gasteiger charge is 1.95. The first-order valence-corrected chi connectivity index (χ1v) is 3.57. The molecule has 0 spiro atoms. The predicted molar refractivity (Wildman–Crippen MR) is 41.9 cm³/mol. The molecule has 0 atom stereocenters. The van der Waals surface area contributed by atoms with Crippen LogP contribution in [0.5, 0.6) is 0 Å². The molecule has 2 nitrogen and oxygen atoms in total. The highest BCUT2D eigenvalue weighted by Crippen LogP contribution is 1.95. The summed E-state index contributed by atoms with van der Waals surface area (Å²) in [6, 6.07) is 0. The Balaban J connectivity index is 3.40. The number of unbranched alkanes of at least 4 members (excludes halogenated alkanes) is 1. The van der Waals surface area contributed by atoms with Gasteiger partial charge in [0.05, 0.1) is 0 Å². The quantitative estimate of drug-likeness (QED) is 0.434. The van der Waals surface area contributed by atoms with E-state index in [-0.39, 0.29) is 6.29 Å².